The molecule has 0 amide bonds. The van der Waals surface area contributed by atoms with Crippen LogP contribution in [0.5, 0.6) is 0 Å². The highest BCUT2D eigenvalue weighted by atomic mass is 16.1. The van der Waals surface area contributed by atoms with Gasteiger partial charge in [-0.25, -0.2) is 4.98 Å². The minimum absolute atomic E-state index is 0.477. The first-order valence-corrected chi connectivity index (χ1v) is 2.91. The Labute approximate surface area is 58.9 Å². The van der Waals surface area contributed by atoms with Crippen LogP contribution >= 0.6 is 0 Å². The molecule has 0 aliphatic heterocycles. The molecule has 0 saturated heterocycles. The van der Waals surface area contributed by atoms with Gasteiger partial charge in [-0.05, 0) is 18.6 Å². The molecule has 1 rings (SSSR count). The SMILES string of the molecule is Cc1cc(C=O)cnc1N. The second kappa shape index (κ2) is 2.47. The summed E-state index contributed by atoms with van der Waals surface area (Å²) in [4.78, 5) is 14.0. The summed E-state index contributed by atoms with van der Waals surface area (Å²) in [5.74, 6) is 0.477. The topological polar surface area (TPSA) is 56.0 Å². The maximum atomic E-state index is 10.2. The van der Waals surface area contributed by atoms with Crippen molar-refractivity contribution in [3.05, 3.63) is 23.4 Å². The van der Waals surface area contributed by atoms with Crippen molar-refractivity contribution in [3.63, 3.8) is 0 Å². The average molecular weight is 136 g/mol. The highest BCUT2D eigenvalue weighted by Gasteiger charge is 1.94. The third-order valence-corrected chi connectivity index (χ3v) is 1.28. The number of anilines is 1. The lowest BCUT2D eigenvalue weighted by Crippen LogP contribution is -1.94. The van der Waals surface area contributed by atoms with Crippen molar-refractivity contribution in [2.45, 2.75) is 6.92 Å². The van der Waals surface area contributed by atoms with Crippen molar-refractivity contribution in [1.29, 1.82) is 0 Å². The van der Waals surface area contributed by atoms with Gasteiger partial charge >= 0.3 is 0 Å². The number of aryl methyl sites for hydroxylation is 1. The summed E-state index contributed by atoms with van der Waals surface area (Å²) >= 11 is 0. The van der Waals surface area contributed by atoms with E-state index in [0.29, 0.717) is 11.4 Å². The van der Waals surface area contributed by atoms with Gasteiger partial charge in [0.25, 0.3) is 0 Å². The zero-order valence-corrected chi connectivity index (χ0v) is 5.66. The normalized spacial score (nSPS) is 9.30. The number of aldehydes is 1. The maximum absolute atomic E-state index is 10.2. The van der Waals surface area contributed by atoms with Crippen molar-refractivity contribution in [3.8, 4) is 0 Å². The summed E-state index contributed by atoms with van der Waals surface area (Å²) in [6.45, 7) is 1.81. The van der Waals surface area contributed by atoms with Gasteiger partial charge in [0.2, 0.25) is 0 Å². The van der Waals surface area contributed by atoms with Crippen LogP contribution in [0.15, 0.2) is 12.3 Å². The Kier molecular flexibility index (Phi) is 1.67. The van der Waals surface area contributed by atoms with Gasteiger partial charge < -0.3 is 5.73 Å². The maximum Gasteiger partial charge on any atom is 0.151 e. The number of nitrogen functional groups attached to an aromatic ring is 1. The van der Waals surface area contributed by atoms with Crippen LogP contribution < -0.4 is 5.73 Å². The Balaban J connectivity index is 3.16. The molecule has 10 heavy (non-hydrogen) atoms. The molecule has 1 aromatic heterocycles. The Morgan fingerprint density at radius 1 is 1.70 bits per heavy atom. The molecule has 52 valence electrons. The van der Waals surface area contributed by atoms with Crippen LogP contribution in [-0.2, 0) is 0 Å². The third kappa shape index (κ3) is 1.13. The summed E-state index contributed by atoms with van der Waals surface area (Å²) in [6, 6.07) is 1.70. The zero-order valence-electron chi connectivity index (χ0n) is 5.66. The number of hydrogen-bond acceptors (Lipinski definition) is 3. The monoisotopic (exact) mass is 136 g/mol. The molecule has 0 aromatic carbocycles. The number of aromatic nitrogens is 1. The minimum atomic E-state index is 0.477. The molecule has 0 aliphatic rings. The smallest absolute Gasteiger partial charge is 0.151 e. The van der Waals surface area contributed by atoms with Gasteiger partial charge in [-0.2, -0.15) is 0 Å². The van der Waals surface area contributed by atoms with Gasteiger partial charge in [-0.15, -0.1) is 0 Å². The lowest BCUT2D eigenvalue weighted by Gasteiger charge is -1.96. The quantitative estimate of drug-likeness (QED) is 0.580. The number of nitrogens with two attached hydrogens (primary N) is 1. The molecular formula is C7H8N2O. The number of carbonyl (C=O) groups excluding carboxylic acids is 1. The minimum Gasteiger partial charge on any atom is -0.383 e. The summed E-state index contributed by atoms with van der Waals surface area (Å²) in [7, 11) is 0. The number of rotatable bonds is 1. The van der Waals surface area contributed by atoms with Crippen LogP contribution in [0.2, 0.25) is 0 Å². The van der Waals surface area contributed by atoms with Crippen LogP contribution in [0.25, 0.3) is 0 Å². The van der Waals surface area contributed by atoms with Crippen molar-refractivity contribution in [2.75, 3.05) is 5.73 Å². The van der Waals surface area contributed by atoms with Crippen molar-refractivity contribution in [2.24, 2.45) is 0 Å². The van der Waals surface area contributed by atoms with Gasteiger partial charge in [0, 0.05) is 11.8 Å². The van der Waals surface area contributed by atoms with Crippen molar-refractivity contribution in [1.82, 2.24) is 4.98 Å². The molecule has 0 fully saturated rings. The predicted molar refractivity (Wildman–Crippen MR) is 38.8 cm³/mol. The second-order valence-corrected chi connectivity index (χ2v) is 2.09. The summed E-state index contributed by atoms with van der Waals surface area (Å²) in [5, 5.41) is 0. The Morgan fingerprint density at radius 2 is 2.40 bits per heavy atom. The van der Waals surface area contributed by atoms with Gasteiger partial charge in [0.15, 0.2) is 6.29 Å². The molecule has 0 bridgehead atoms. The van der Waals surface area contributed by atoms with E-state index < -0.39 is 0 Å². The first kappa shape index (κ1) is 6.74. The summed E-state index contributed by atoms with van der Waals surface area (Å²) in [6.07, 6.45) is 2.20. The van der Waals surface area contributed by atoms with Crippen molar-refractivity contribution >= 4 is 12.1 Å². The van der Waals surface area contributed by atoms with E-state index in [4.69, 9.17) is 5.73 Å². The van der Waals surface area contributed by atoms with Gasteiger partial charge in [0.05, 0.1) is 0 Å². The standard InChI is InChI=1S/C7H8N2O/c1-5-2-6(4-10)3-9-7(5)8/h2-4H,1H3,(H2,8,9). The molecule has 0 unspecified atom stereocenters. The molecule has 3 heteroatoms. The number of pyridine rings is 1. The third-order valence-electron chi connectivity index (χ3n) is 1.28. The van der Waals surface area contributed by atoms with Crippen LogP contribution in [-0.4, -0.2) is 11.3 Å². The number of nitrogens with zero attached hydrogens (tertiary/aromatic N) is 1. The van der Waals surface area contributed by atoms with E-state index in [9.17, 15) is 4.79 Å². The molecule has 0 spiro atoms. The molecule has 0 saturated carbocycles. The fraction of sp³-hybridized carbons (Fsp3) is 0.143. The van der Waals surface area contributed by atoms with Gasteiger partial charge in [-0.1, -0.05) is 0 Å². The molecule has 3 nitrogen and oxygen atoms in total. The fourth-order valence-corrected chi connectivity index (χ4v) is 0.672. The molecule has 0 radical (unpaired) electrons. The second-order valence-electron chi connectivity index (χ2n) is 2.09. The van der Waals surface area contributed by atoms with Crippen LogP contribution in [0, 0.1) is 6.92 Å². The molecule has 1 aromatic rings. The van der Waals surface area contributed by atoms with E-state index in [2.05, 4.69) is 4.98 Å². The Morgan fingerprint density at radius 3 is 2.90 bits per heavy atom. The molecule has 2 N–H and O–H groups in total. The molecular weight excluding hydrogens is 128 g/mol. The molecule has 1 heterocycles. The lowest BCUT2D eigenvalue weighted by atomic mass is 10.2. The number of hydrogen-bond donors (Lipinski definition) is 1. The van der Waals surface area contributed by atoms with Crippen molar-refractivity contribution < 1.29 is 4.79 Å². The highest BCUT2D eigenvalue weighted by molar-refractivity contribution is 5.75. The number of carbonyl (C=O) groups is 1. The van der Waals surface area contributed by atoms with Crippen LogP contribution in [0.4, 0.5) is 5.82 Å². The summed E-state index contributed by atoms with van der Waals surface area (Å²) < 4.78 is 0. The largest absolute Gasteiger partial charge is 0.383 e. The van der Waals surface area contributed by atoms with Gasteiger partial charge in [-0.3, -0.25) is 4.79 Å². The lowest BCUT2D eigenvalue weighted by molar-refractivity contribution is 0.112. The predicted octanol–water partition coefficient (Wildman–Crippen LogP) is 0.785. The van der Waals surface area contributed by atoms with Crippen LogP contribution in [0.1, 0.15) is 15.9 Å². The van der Waals surface area contributed by atoms with Crippen LogP contribution in [0.3, 0.4) is 0 Å². The zero-order chi connectivity index (χ0) is 7.56. The van der Waals surface area contributed by atoms with Gasteiger partial charge in [0.1, 0.15) is 5.82 Å². The van der Waals surface area contributed by atoms with E-state index in [0.717, 1.165) is 11.8 Å². The molecule has 0 atom stereocenters. The van der Waals surface area contributed by atoms with E-state index in [-0.39, 0.29) is 0 Å². The van der Waals surface area contributed by atoms with E-state index in [1.165, 1.54) is 6.20 Å². The average Bonchev–Trinajstić information content (AvgIpc) is 1.95. The first-order valence-electron chi connectivity index (χ1n) is 2.91. The summed E-state index contributed by atoms with van der Waals surface area (Å²) in [5.41, 5.74) is 6.82. The van der Waals surface area contributed by atoms with E-state index in [1.807, 2.05) is 6.92 Å². The Bertz CT molecular complexity index is 258. The Hall–Kier alpha value is -1.38. The molecule has 0 aliphatic carbocycles. The van der Waals surface area contributed by atoms with E-state index >= 15 is 0 Å². The fourth-order valence-electron chi connectivity index (χ4n) is 0.672. The highest BCUT2D eigenvalue weighted by Crippen LogP contribution is 2.06. The first-order chi connectivity index (χ1) is 4.74. The van der Waals surface area contributed by atoms with E-state index in [1.54, 1.807) is 6.07 Å².